The molecule has 0 radical (unpaired) electrons. The largest absolute Gasteiger partial charge is 0.492 e. The Morgan fingerprint density at radius 1 is 1.40 bits per heavy atom. The molecule has 2 rings (SSSR count). The van der Waals surface area contributed by atoms with Crippen LogP contribution in [0.25, 0.3) is 0 Å². The van der Waals surface area contributed by atoms with E-state index in [0.717, 1.165) is 19.3 Å². The van der Waals surface area contributed by atoms with Gasteiger partial charge in [0.2, 0.25) is 5.91 Å². The van der Waals surface area contributed by atoms with Gasteiger partial charge in [-0.1, -0.05) is 0 Å². The highest BCUT2D eigenvalue weighted by Crippen LogP contribution is 2.30. The number of nitrogens with zero attached hydrogens (tertiary/aromatic N) is 1. The van der Waals surface area contributed by atoms with Crippen molar-refractivity contribution in [2.45, 2.75) is 24.8 Å². The molecule has 1 aliphatic carbocycles. The Morgan fingerprint density at radius 3 is 2.50 bits per heavy atom. The summed E-state index contributed by atoms with van der Waals surface area (Å²) < 4.78 is 18.1. The lowest BCUT2D eigenvalue weighted by Gasteiger charge is -2.39. The van der Waals surface area contributed by atoms with Gasteiger partial charge >= 0.3 is 0 Å². The lowest BCUT2D eigenvalue weighted by molar-refractivity contribution is -0.139. The quantitative estimate of drug-likeness (QED) is 0.904. The number of amides is 1. The van der Waals surface area contributed by atoms with Gasteiger partial charge in [0.25, 0.3) is 0 Å². The van der Waals surface area contributed by atoms with E-state index in [-0.39, 0.29) is 24.1 Å². The van der Waals surface area contributed by atoms with Gasteiger partial charge < -0.3 is 15.4 Å². The van der Waals surface area contributed by atoms with Crippen LogP contribution in [-0.4, -0.2) is 36.5 Å². The highest BCUT2D eigenvalue weighted by atomic mass is 35.5. The van der Waals surface area contributed by atoms with E-state index in [0.29, 0.717) is 18.9 Å². The predicted molar refractivity (Wildman–Crippen MR) is 77.5 cm³/mol. The van der Waals surface area contributed by atoms with Gasteiger partial charge in [0.1, 0.15) is 18.2 Å². The monoisotopic (exact) mass is 302 g/mol. The minimum absolute atomic E-state index is 0. The molecule has 1 aromatic rings. The molecule has 0 bridgehead atoms. The number of halogens is 2. The molecular weight excluding hydrogens is 283 g/mol. The highest BCUT2D eigenvalue weighted by Gasteiger charge is 2.41. The second-order valence-corrected chi connectivity index (χ2v) is 5.04. The Kier molecular flexibility index (Phi) is 5.77. The standard InChI is InChI=1S/C14H19FN2O2.ClH/c1-17(13(18)14(16)7-2-8-14)9-10-19-12-5-3-11(15)4-6-12;/h3-6H,2,7-10,16H2,1H3;1H. The lowest BCUT2D eigenvalue weighted by atomic mass is 9.77. The van der Waals surface area contributed by atoms with Crippen LogP contribution in [0.2, 0.25) is 0 Å². The van der Waals surface area contributed by atoms with Crippen LogP contribution in [0.5, 0.6) is 5.75 Å². The van der Waals surface area contributed by atoms with Gasteiger partial charge in [-0.15, -0.1) is 12.4 Å². The molecule has 0 unspecified atom stereocenters. The van der Waals surface area contributed by atoms with Crippen molar-refractivity contribution in [3.8, 4) is 5.75 Å². The van der Waals surface area contributed by atoms with Crippen LogP contribution in [0.1, 0.15) is 19.3 Å². The van der Waals surface area contributed by atoms with Gasteiger partial charge in [-0.25, -0.2) is 4.39 Å². The fourth-order valence-corrected chi connectivity index (χ4v) is 2.08. The van der Waals surface area contributed by atoms with Crippen LogP contribution in [0.15, 0.2) is 24.3 Å². The Bertz CT molecular complexity index is 449. The van der Waals surface area contributed by atoms with E-state index in [1.54, 1.807) is 24.1 Å². The van der Waals surface area contributed by atoms with Crippen molar-refractivity contribution >= 4 is 18.3 Å². The third-order valence-corrected chi connectivity index (χ3v) is 3.53. The zero-order chi connectivity index (χ0) is 13.9. The molecule has 1 aliphatic rings. The van der Waals surface area contributed by atoms with Gasteiger partial charge in [0.15, 0.2) is 0 Å². The number of ether oxygens (including phenoxy) is 1. The maximum atomic E-state index is 12.7. The summed E-state index contributed by atoms with van der Waals surface area (Å²) in [6, 6.07) is 5.81. The first-order chi connectivity index (χ1) is 9.01. The molecule has 1 amide bonds. The number of hydrogen-bond donors (Lipinski definition) is 1. The smallest absolute Gasteiger partial charge is 0.242 e. The molecule has 112 valence electrons. The molecular formula is C14H20ClFN2O2. The first kappa shape index (κ1) is 16.7. The van der Waals surface area contributed by atoms with E-state index in [9.17, 15) is 9.18 Å². The van der Waals surface area contributed by atoms with Crippen LogP contribution < -0.4 is 10.5 Å². The summed E-state index contributed by atoms with van der Waals surface area (Å²) >= 11 is 0. The average Bonchev–Trinajstić information content (AvgIpc) is 2.37. The third-order valence-electron chi connectivity index (χ3n) is 3.53. The normalized spacial score (nSPS) is 15.8. The second-order valence-electron chi connectivity index (χ2n) is 5.04. The molecule has 1 aromatic carbocycles. The van der Waals surface area contributed by atoms with Crippen LogP contribution in [0.3, 0.4) is 0 Å². The fourth-order valence-electron chi connectivity index (χ4n) is 2.08. The average molecular weight is 303 g/mol. The predicted octanol–water partition coefficient (Wildman–Crippen LogP) is 1.97. The number of nitrogens with two attached hydrogens (primary N) is 1. The van der Waals surface area contributed by atoms with Crippen molar-refractivity contribution in [3.63, 3.8) is 0 Å². The van der Waals surface area contributed by atoms with Gasteiger partial charge in [0, 0.05) is 7.05 Å². The van der Waals surface area contributed by atoms with Crippen molar-refractivity contribution in [1.82, 2.24) is 4.90 Å². The topological polar surface area (TPSA) is 55.6 Å². The van der Waals surface area contributed by atoms with Crippen molar-refractivity contribution in [3.05, 3.63) is 30.1 Å². The lowest BCUT2D eigenvalue weighted by Crippen LogP contribution is -2.59. The van der Waals surface area contributed by atoms with Crippen LogP contribution in [0.4, 0.5) is 4.39 Å². The number of hydrogen-bond acceptors (Lipinski definition) is 3. The summed E-state index contributed by atoms with van der Waals surface area (Å²) in [5.41, 5.74) is 5.31. The summed E-state index contributed by atoms with van der Waals surface area (Å²) in [7, 11) is 1.73. The molecule has 20 heavy (non-hydrogen) atoms. The van der Waals surface area contributed by atoms with Gasteiger partial charge in [0.05, 0.1) is 12.1 Å². The van der Waals surface area contributed by atoms with E-state index in [2.05, 4.69) is 0 Å². The van der Waals surface area contributed by atoms with E-state index in [1.165, 1.54) is 12.1 Å². The van der Waals surface area contributed by atoms with E-state index < -0.39 is 5.54 Å². The highest BCUT2D eigenvalue weighted by molar-refractivity contribution is 5.86. The molecule has 2 N–H and O–H groups in total. The van der Waals surface area contributed by atoms with Gasteiger partial charge in [-0.2, -0.15) is 0 Å². The summed E-state index contributed by atoms with van der Waals surface area (Å²) in [5, 5.41) is 0. The van der Waals surface area contributed by atoms with Crippen LogP contribution in [-0.2, 0) is 4.79 Å². The zero-order valence-electron chi connectivity index (χ0n) is 11.5. The number of benzene rings is 1. The summed E-state index contributed by atoms with van der Waals surface area (Å²) in [4.78, 5) is 13.6. The third kappa shape index (κ3) is 3.84. The maximum Gasteiger partial charge on any atom is 0.242 e. The van der Waals surface area contributed by atoms with E-state index in [1.807, 2.05) is 0 Å². The number of carbonyl (C=O) groups excluding carboxylic acids is 1. The molecule has 0 aromatic heterocycles. The minimum atomic E-state index is -0.662. The molecule has 1 fully saturated rings. The SMILES string of the molecule is CN(CCOc1ccc(F)cc1)C(=O)C1(N)CCC1.Cl. The Morgan fingerprint density at radius 2 is 2.00 bits per heavy atom. The van der Waals surface area contributed by atoms with Gasteiger partial charge in [-0.3, -0.25) is 4.79 Å². The molecule has 0 aliphatic heterocycles. The Labute approximate surface area is 124 Å². The summed E-state index contributed by atoms with van der Waals surface area (Å²) in [5.74, 6) is 0.268. The van der Waals surface area contributed by atoms with Crippen molar-refractivity contribution < 1.29 is 13.9 Å². The second kappa shape index (κ2) is 6.90. The number of carbonyl (C=O) groups is 1. The summed E-state index contributed by atoms with van der Waals surface area (Å²) in [6.07, 6.45) is 2.53. The molecule has 0 spiro atoms. The van der Waals surface area contributed by atoms with E-state index in [4.69, 9.17) is 10.5 Å². The number of rotatable bonds is 5. The number of likely N-dealkylation sites (N-methyl/N-ethyl adjacent to an activating group) is 1. The molecule has 6 heteroatoms. The first-order valence-corrected chi connectivity index (χ1v) is 6.44. The van der Waals surface area contributed by atoms with Crippen molar-refractivity contribution in [2.24, 2.45) is 5.73 Å². The molecule has 0 heterocycles. The maximum absolute atomic E-state index is 12.7. The molecule has 4 nitrogen and oxygen atoms in total. The van der Waals surface area contributed by atoms with Gasteiger partial charge in [-0.05, 0) is 43.5 Å². The molecule has 0 saturated heterocycles. The zero-order valence-corrected chi connectivity index (χ0v) is 12.3. The molecule has 0 atom stereocenters. The summed E-state index contributed by atoms with van der Waals surface area (Å²) in [6.45, 7) is 0.832. The van der Waals surface area contributed by atoms with Crippen LogP contribution >= 0.6 is 12.4 Å². The van der Waals surface area contributed by atoms with Crippen molar-refractivity contribution in [1.29, 1.82) is 0 Å². The molecule has 1 saturated carbocycles. The Balaban J connectivity index is 0.00000200. The first-order valence-electron chi connectivity index (χ1n) is 6.44. The fraction of sp³-hybridized carbons (Fsp3) is 0.500. The minimum Gasteiger partial charge on any atom is -0.492 e. The van der Waals surface area contributed by atoms with Crippen molar-refractivity contribution in [2.75, 3.05) is 20.2 Å². The van der Waals surface area contributed by atoms with E-state index >= 15 is 0 Å². The Hall–Kier alpha value is -1.33. The van der Waals surface area contributed by atoms with Crippen LogP contribution in [0, 0.1) is 5.82 Å².